The minimum atomic E-state index is -3.65. The zero-order chi connectivity index (χ0) is 16.6. The molecular weight excluding hydrogens is 314 g/mol. The first-order valence-corrected chi connectivity index (χ1v) is 9.14. The fourth-order valence-electron chi connectivity index (χ4n) is 2.78. The summed E-state index contributed by atoms with van der Waals surface area (Å²) in [4.78, 5) is 4.23. The van der Waals surface area contributed by atoms with Crippen molar-refractivity contribution < 1.29 is 13.2 Å². The maximum Gasteiger partial charge on any atom is 0.262 e. The fourth-order valence-corrected chi connectivity index (χ4v) is 4.27. The third-order valence-corrected chi connectivity index (χ3v) is 5.69. The van der Waals surface area contributed by atoms with Gasteiger partial charge < -0.3 is 9.30 Å². The second kappa shape index (κ2) is 5.98. The molecule has 0 radical (unpaired) electrons. The highest BCUT2D eigenvalue weighted by atomic mass is 32.2. The van der Waals surface area contributed by atoms with Crippen molar-refractivity contribution in [2.75, 3.05) is 6.54 Å². The number of hydrogen-bond acceptors (Lipinski definition) is 4. The van der Waals surface area contributed by atoms with Gasteiger partial charge >= 0.3 is 0 Å². The maximum absolute atomic E-state index is 13.0. The molecule has 0 aliphatic carbocycles. The van der Waals surface area contributed by atoms with E-state index < -0.39 is 10.0 Å². The predicted octanol–water partition coefficient (Wildman–Crippen LogP) is 2.18. The van der Waals surface area contributed by atoms with E-state index in [-0.39, 0.29) is 11.1 Å². The lowest BCUT2D eigenvalue weighted by Crippen LogP contribution is -2.36. The third-order valence-electron chi connectivity index (χ3n) is 4.01. The highest BCUT2D eigenvalue weighted by Crippen LogP contribution is 2.28. The van der Waals surface area contributed by atoms with Crippen LogP contribution in [0.15, 0.2) is 35.5 Å². The topological polar surface area (TPSA) is 64.4 Å². The van der Waals surface area contributed by atoms with Gasteiger partial charge in [0.15, 0.2) is 5.03 Å². The van der Waals surface area contributed by atoms with Crippen LogP contribution < -0.4 is 4.74 Å². The Morgan fingerprint density at radius 1 is 1.35 bits per heavy atom. The lowest BCUT2D eigenvalue weighted by Gasteiger charge is -2.20. The molecule has 1 unspecified atom stereocenters. The molecule has 124 valence electrons. The van der Waals surface area contributed by atoms with E-state index in [4.69, 9.17) is 4.74 Å². The number of benzene rings is 1. The van der Waals surface area contributed by atoms with Gasteiger partial charge in [0.25, 0.3) is 10.0 Å². The molecule has 1 atom stereocenters. The number of aromatic nitrogens is 2. The van der Waals surface area contributed by atoms with Gasteiger partial charge in [-0.05, 0) is 26.8 Å². The average molecular weight is 335 g/mol. The summed E-state index contributed by atoms with van der Waals surface area (Å²) < 4.78 is 35.1. The SMILES string of the molecule is CCn1cc(S(=O)(=O)N2Cc3ccccc3OC(C)C2)nc1C. The van der Waals surface area contributed by atoms with E-state index in [0.29, 0.717) is 25.5 Å². The number of nitrogens with zero attached hydrogens (tertiary/aromatic N) is 3. The van der Waals surface area contributed by atoms with Gasteiger partial charge in [0.05, 0.1) is 6.54 Å². The van der Waals surface area contributed by atoms with Crippen molar-refractivity contribution in [3.63, 3.8) is 0 Å². The smallest absolute Gasteiger partial charge is 0.262 e. The molecule has 1 aromatic carbocycles. The van der Waals surface area contributed by atoms with Gasteiger partial charge in [-0.25, -0.2) is 13.4 Å². The number of hydrogen-bond donors (Lipinski definition) is 0. The standard InChI is InChI=1S/C16H21N3O3S/c1-4-18-11-16(17-13(18)3)23(20,21)19-9-12(2)22-15-8-6-5-7-14(15)10-19/h5-8,11-12H,4,9-10H2,1-3H3. The molecule has 1 aliphatic rings. The molecule has 7 heteroatoms. The third kappa shape index (κ3) is 2.98. The van der Waals surface area contributed by atoms with E-state index in [1.807, 2.05) is 49.6 Å². The van der Waals surface area contributed by atoms with E-state index in [1.165, 1.54) is 4.31 Å². The first kappa shape index (κ1) is 16.0. The summed E-state index contributed by atoms with van der Waals surface area (Å²) in [7, 11) is -3.65. The highest BCUT2D eigenvalue weighted by molar-refractivity contribution is 7.89. The van der Waals surface area contributed by atoms with Gasteiger partial charge in [0.2, 0.25) is 0 Å². The van der Waals surface area contributed by atoms with Crippen molar-refractivity contribution in [3.8, 4) is 5.75 Å². The molecule has 0 saturated heterocycles. The van der Waals surface area contributed by atoms with Gasteiger partial charge in [0.1, 0.15) is 17.7 Å². The Balaban J connectivity index is 1.99. The van der Waals surface area contributed by atoms with Gasteiger partial charge in [-0.2, -0.15) is 4.31 Å². The Bertz CT molecular complexity index is 814. The predicted molar refractivity (Wildman–Crippen MR) is 86.8 cm³/mol. The molecular formula is C16H21N3O3S. The van der Waals surface area contributed by atoms with E-state index in [0.717, 1.165) is 11.3 Å². The van der Waals surface area contributed by atoms with Crippen molar-refractivity contribution in [1.29, 1.82) is 0 Å². The molecule has 2 heterocycles. The Morgan fingerprint density at radius 3 is 2.78 bits per heavy atom. The summed E-state index contributed by atoms with van der Waals surface area (Å²) in [6, 6.07) is 7.55. The number of ether oxygens (including phenoxy) is 1. The maximum atomic E-state index is 13.0. The van der Waals surface area contributed by atoms with Crippen LogP contribution in [0.4, 0.5) is 0 Å². The number of sulfonamides is 1. The van der Waals surface area contributed by atoms with E-state index >= 15 is 0 Å². The molecule has 0 fully saturated rings. The number of para-hydroxylation sites is 1. The van der Waals surface area contributed by atoms with Crippen LogP contribution in [0.2, 0.25) is 0 Å². The van der Waals surface area contributed by atoms with Gasteiger partial charge in [-0.3, -0.25) is 0 Å². The number of aryl methyl sites for hydroxylation is 2. The molecule has 0 amide bonds. The van der Waals surface area contributed by atoms with Crippen molar-refractivity contribution >= 4 is 10.0 Å². The Hall–Kier alpha value is -1.86. The van der Waals surface area contributed by atoms with Crippen molar-refractivity contribution in [2.24, 2.45) is 0 Å². The molecule has 0 N–H and O–H groups in total. The molecule has 6 nitrogen and oxygen atoms in total. The molecule has 0 spiro atoms. The second-order valence-electron chi connectivity index (χ2n) is 5.75. The summed E-state index contributed by atoms with van der Waals surface area (Å²) in [5.74, 6) is 1.44. The van der Waals surface area contributed by atoms with Crippen LogP contribution in [0.5, 0.6) is 5.75 Å². The van der Waals surface area contributed by atoms with Crippen LogP contribution in [-0.2, 0) is 23.1 Å². The van der Waals surface area contributed by atoms with Crippen LogP contribution in [0, 0.1) is 6.92 Å². The summed E-state index contributed by atoms with van der Waals surface area (Å²) in [5.41, 5.74) is 0.868. The quantitative estimate of drug-likeness (QED) is 0.862. The number of fused-ring (bicyclic) bond motifs is 1. The molecule has 0 saturated carbocycles. The fraction of sp³-hybridized carbons (Fsp3) is 0.438. The first-order chi connectivity index (χ1) is 10.9. The number of imidazole rings is 1. The summed E-state index contributed by atoms with van der Waals surface area (Å²) in [6.07, 6.45) is 1.38. The number of rotatable bonds is 3. The Labute approximate surface area is 136 Å². The largest absolute Gasteiger partial charge is 0.489 e. The summed E-state index contributed by atoms with van der Waals surface area (Å²) in [6.45, 7) is 6.93. The van der Waals surface area contributed by atoms with Crippen molar-refractivity contribution in [2.45, 2.75) is 45.0 Å². The minimum absolute atomic E-state index is 0.100. The first-order valence-electron chi connectivity index (χ1n) is 7.70. The molecule has 1 aliphatic heterocycles. The lowest BCUT2D eigenvalue weighted by molar-refractivity contribution is 0.201. The molecule has 23 heavy (non-hydrogen) atoms. The van der Waals surface area contributed by atoms with Crippen LogP contribution in [0.25, 0.3) is 0 Å². The normalized spacial score (nSPS) is 19.0. The Kier molecular flexibility index (Phi) is 4.16. The van der Waals surface area contributed by atoms with Crippen LogP contribution in [0.1, 0.15) is 25.2 Å². The van der Waals surface area contributed by atoms with Crippen molar-refractivity contribution in [1.82, 2.24) is 13.9 Å². The monoisotopic (exact) mass is 335 g/mol. The van der Waals surface area contributed by atoms with Crippen LogP contribution in [0.3, 0.4) is 0 Å². The second-order valence-corrected chi connectivity index (χ2v) is 7.63. The summed E-state index contributed by atoms with van der Waals surface area (Å²) in [5, 5.41) is 0.100. The van der Waals surface area contributed by atoms with Crippen LogP contribution in [-0.4, -0.2) is 34.9 Å². The molecule has 1 aromatic heterocycles. The van der Waals surface area contributed by atoms with E-state index in [9.17, 15) is 8.42 Å². The van der Waals surface area contributed by atoms with Gasteiger partial charge in [-0.15, -0.1) is 0 Å². The average Bonchev–Trinajstić information content (AvgIpc) is 2.80. The van der Waals surface area contributed by atoms with Gasteiger partial charge in [0, 0.05) is 24.8 Å². The van der Waals surface area contributed by atoms with Crippen LogP contribution >= 0.6 is 0 Å². The Morgan fingerprint density at radius 2 is 2.09 bits per heavy atom. The highest BCUT2D eigenvalue weighted by Gasteiger charge is 2.32. The molecule has 0 bridgehead atoms. The minimum Gasteiger partial charge on any atom is -0.489 e. The van der Waals surface area contributed by atoms with E-state index in [2.05, 4.69) is 4.98 Å². The zero-order valence-electron chi connectivity index (χ0n) is 13.6. The van der Waals surface area contributed by atoms with E-state index in [1.54, 1.807) is 6.20 Å². The molecule has 2 aromatic rings. The van der Waals surface area contributed by atoms with Gasteiger partial charge in [-0.1, -0.05) is 18.2 Å². The van der Waals surface area contributed by atoms with Crippen molar-refractivity contribution in [3.05, 3.63) is 41.9 Å². The zero-order valence-corrected chi connectivity index (χ0v) is 14.4. The lowest BCUT2D eigenvalue weighted by atomic mass is 10.2. The summed E-state index contributed by atoms with van der Waals surface area (Å²) >= 11 is 0. The molecule has 3 rings (SSSR count).